The number of primary amides is 1. The zero-order valence-corrected chi connectivity index (χ0v) is 29.6. The van der Waals surface area contributed by atoms with Gasteiger partial charge in [0.25, 0.3) is 5.91 Å². The van der Waals surface area contributed by atoms with Gasteiger partial charge in [0.05, 0.1) is 36.0 Å². The third-order valence-corrected chi connectivity index (χ3v) is 7.01. The number of nitrogens with two attached hydrogens (primary N) is 2. The van der Waals surface area contributed by atoms with Crippen molar-refractivity contribution in [2.75, 3.05) is 18.5 Å². The van der Waals surface area contributed by atoms with Gasteiger partial charge in [-0.05, 0) is 62.3 Å². The normalized spacial score (nSPS) is 11.7. The fraction of sp³-hybridized carbons (Fsp3) is 0.441. The monoisotopic (exact) mass is 763 g/mol. The number of aromatic nitrogens is 1. The summed E-state index contributed by atoms with van der Waals surface area (Å²) in [7, 11) is 0. The number of nitrogens with one attached hydrogen (secondary N) is 2. The van der Waals surface area contributed by atoms with Crippen LogP contribution in [-0.4, -0.2) is 70.6 Å². The highest BCUT2D eigenvalue weighted by Crippen LogP contribution is 2.38. The second-order valence-electron chi connectivity index (χ2n) is 11.4. The van der Waals surface area contributed by atoms with Crippen molar-refractivity contribution in [3.63, 3.8) is 0 Å². The zero-order valence-electron chi connectivity index (χ0n) is 29.6. The Morgan fingerprint density at radius 3 is 1.87 bits per heavy atom. The van der Waals surface area contributed by atoms with Crippen LogP contribution in [0.25, 0.3) is 10.9 Å². The third kappa shape index (κ3) is 14.7. The van der Waals surface area contributed by atoms with E-state index in [2.05, 4.69) is 29.5 Å². The molecule has 294 valence electrons. The molecule has 0 spiro atoms. The first-order valence-corrected chi connectivity index (χ1v) is 16.1. The van der Waals surface area contributed by atoms with E-state index in [1.54, 1.807) is 6.07 Å². The highest BCUT2D eigenvalue weighted by Gasteiger charge is 2.39. The van der Waals surface area contributed by atoms with Crippen LogP contribution in [-0.2, 0) is 27.3 Å². The number of ether oxygens (including phenoxy) is 2. The summed E-state index contributed by atoms with van der Waals surface area (Å²) in [6.45, 7) is 11.3. The Bertz CT molecular complexity index is 1690. The van der Waals surface area contributed by atoms with Crippen molar-refractivity contribution >= 4 is 46.0 Å². The number of carboxylic acid groups (broad SMARTS) is 2. The lowest BCUT2D eigenvalue weighted by atomic mass is 10.0. The molecule has 2 amide bonds. The number of benzene rings is 2. The summed E-state index contributed by atoms with van der Waals surface area (Å²) in [4.78, 5) is 47.3. The van der Waals surface area contributed by atoms with Crippen molar-refractivity contribution < 1.29 is 65.2 Å². The number of rotatable bonds is 14. The number of nitrogens with zero attached hydrogens (tertiary/aromatic N) is 1. The van der Waals surface area contributed by atoms with E-state index in [4.69, 9.17) is 40.7 Å². The number of carbonyl (C=O) groups excluding carboxylic acids is 2. The molecule has 3 aromatic rings. The van der Waals surface area contributed by atoms with Gasteiger partial charge < -0.3 is 41.8 Å². The lowest BCUT2D eigenvalue weighted by Gasteiger charge is -2.20. The minimum atomic E-state index is -5.08. The molecule has 0 saturated heterocycles. The number of carboxylic acids is 2. The number of aliphatic carboxylic acids is 2. The second kappa shape index (κ2) is 20.6. The number of anilines is 2. The fourth-order valence-electron chi connectivity index (χ4n) is 4.49. The Morgan fingerprint density at radius 1 is 0.887 bits per heavy atom. The second-order valence-corrected chi connectivity index (χ2v) is 11.4. The average Bonchev–Trinajstić information content (AvgIpc) is 3.06. The van der Waals surface area contributed by atoms with Crippen LogP contribution >= 0.6 is 0 Å². The molecular weight excluding hydrogens is 720 g/mol. The van der Waals surface area contributed by atoms with Gasteiger partial charge in [0.1, 0.15) is 0 Å². The lowest BCUT2D eigenvalue weighted by Crippen LogP contribution is -2.40. The maximum atomic E-state index is 12.6. The minimum absolute atomic E-state index is 0.166. The average molecular weight is 764 g/mol. The van der Waals surface area contributed by atoms with Gasteiger partial charge >= 0.3 is 24.3 Å². The highest BCUT2D eigenvalue weighted by molar-refractivity contribution is 6.08. The molecule has 0 aliphatic carbocycles. The smallest absolute Gasteiger partial charge is 0.490 e. The largest absolute Gasteiger partial charge is 0.490 e. The molecular formula is C34H43F6N5O8. The molecule has 0 bridgehead atoms. The van der Waals surface area contributed by atoms with Crippen LogP contribution in [0.4, 0.5) is 37.7 Å². The Balaban J connectivity index is 0.000000845. The summed E-state index contributed by atoms with van der Waals surface area (Å²) in [5, 5.41) is 21.4. The fourth-order valence-corrected chi connectivity index (χ4v) is 4.49. The van der Waals surface area contributed by atoms with Gasteiger partial charge in [0.15, 0.2) is 11.5 Å². The molecule has 13 nitrogen and oxygen atoms in total. The molecule has 0 unspecified atom stereocenters. The maximum Gasteiger partial charge on any atom is 0.490 e. The number of alkyl halides is 6. The molecule has 1 aromatic heterocycles. The van der Waals surface area contributed by atoms with Crippen molar-refractivity contribution in [1.29, 1.82) is 0 Å². The quantitative estimate of drug-likeness (QED) is 0.103. The number of hydrogen-bond donors (Lipinski definition) is 6. The van der Waals surface area contributed by atoms with E-state index < -0.39 is 36.2 Å². The van der Waals surface area contributed by atoms with Crippen LogP contribution < -0.4 is 31.6 Å². The molecule has 0 aliphatic heterocycles. The SMILES string of the molecule is CCOc1cc2ncc(C(N)=O)c(Nc3cccc(CNC(=O)[C@H](N)CCC(C)C)c3CC)c2cc1OCC.O=C(O)C(F)(F)F.O=C(O)C(F)(F)F. The number of amides is 2. The number of fused-ring (bicyclic) bond motifs is 1. The van der Waals surface area contributed by atoms with Crippen LogP contribution in [0, 0.1) is 5.92 Å². The predicted octanol–water partition coefficient (Wildman–Crippen LogP) is 6.08. The van der Waals surface area contributed by atoms with Crippen molar-refractivity contribution in [2.24, 2.45) is 17.4 Å². The Labute approximate surface area is 301 Å². The molecule has 3 rings (SSSR count). The first-order chi connectivity index (χ1) is 24.6. The summed E-state index contributed by atoms with van der Waals surface area (Å²) in [6, 6.07) is 8.91. The number of halogens is 6. The number of pyridine rings is 1. The number of hydrogen-bond acceptors (Lipinski definition) is 9. The summed E-state index contributed by atoms with van der Waals surface area (Å²) in [5.41, 5.74) is 16.0. The van der Waals surface area contributed by atoms with Gasteiger partial charge in [0.2, 0.25) is 5.91 Å². The van der Waals surface area contributed by atoms with Gasteiger partial charge in [-0.2, -0.15) is 26.3 Å². The molecule has 0 aliphatic rings. The van der Waals surface area contributed by atoms with Gasteiger partial charge in [0, 0.05) is 29.9 Å². The third-order valence-electron chi connectivity index (χ3n) is 7.01. The van der Waals surface area contributed by atoms with Gasteiger partial charge in [-0.1, -0.05) is 32.9 Å². The molecule has 19 heteroatoms. The van der Waals surface area contributed by atoms with E-state index >= 15 is 0 Å². The summed E-state index contributed by atoms with van der Waals surface area (Å²) in [6.07, 6.45) is -6.46. The molecule has 0 fully saturated rings. The first kappa shape index (κ1) is 45.7. The molecule has 8 N–H and O–H groups in total. The summed E-state index contributed by atoms with van der Waals surface area (Å²) < 4.78 is 75.1. The summed E-state index contributed by atoms with van der Waals surface area (Å²) >= 11 is 0. The van der Waals surface area contributed by atoms with Crippen LogP contribution in [0.5, 0.6) is 11.5 Å². The Hall–Kier alpha value is -5.33. The molecule has 1 heterocycles. The van der Waals surface area contributed by atoms with E-state index in [9.17, 15) is 35.9 Å². The van der Waals surface area contributed by atoms with E-state index in [0.29, 0.717) is 66.6 Å². The maximum absolute atomic E-state index is 12.6. The van der Waals surface area contributed by atoms with E-state index in [1.807, 2.05) is 45.0 Å². The molecule has 1 atom stereocenters. The van der Waals surface area contributed by atoms with Crippen LogP contribution in [0.1, 0.15) is 68.9 Å². The van der Waals surface area contributed by atoms with Crippen LogP contribution in [0.15, 0.2) is 36.5 Å². The van der Waals surface area contributed by atoms with Crippen molar-refractivity contribution in [3.05, 3.63) is 53.2 Å². The molecule has 0 saturated carbocycles. The van der Waals surface area contributed by atoms with Crippen molar-refractivity contribution in [3.8, 4) is 11.5 Å². The first-order valence-electron chi connectivity index (χ1n) is 16.1. The van der Waals surface area contributed by atoms with Crippen molar-refractivity contribution in [2.45, 2.75) is 78.8 Å². The zero-order chi connectivity index (χ0) is 40.7. The van der Waals surface area contributed by atoms with Gasteiger partial charge in [-0.3, -0.25) is 14.6 Å². The minimum Gasteiger partial charge on any atom is -0.490 e. The summed E-state index contributed by atoms with van der Waals surface area (Å²) in [5.74, 6) is -4.66. The predicted molar refractivity (Wildman–Crippen MR) is 183 cm³/mol. The van der Waals surface area contributed by atoms with E-state index in [0.717, 1.165) is 23.2 Å². The van der Waals surface area contributed by atoms with E-state index in [1.165, 1.54) is 6.20 Å². The lowest BCUT2D eigenvalue weighted by molar-refractivity contribution is -0.193. The number of carbonyl (C=O) groups is 4. The Kier molecular flexibility index (Phi) is 17.8. The van der Waals surface area contributed by atoms with Gasteiger partial charge in [-0.25, -0.2) is 9.59 Å². The topological polar surface area (TPSA) is 216 Å². The standard InChI is InChI=1S/C30H41N5O4.2C2HF3O2/c1-6-20-19(16-34-30(37)23(31)13-12-18(4)5)10-9-11-24(20)35-28-21-14-26(38-7-2)27(39-8-3)15-25(21)33-17-22(28)29(32)36;2*3-2(4,5)1(6)7/h9-11,14-15,17-18,23H,6-8,12-13,16,31H2,1-5H3,(H2,32,36)(H,33,35)(H,34,37);2*(H,6,7)/t23-;;/m1../s1. The molecule has 2 aromatic carbocycles. The van der Waals surface area contributed by atoms with E-state index in [-0.39, 0.29) is 11.5 Å². The molecule has 0 radical (unpaired) electrons. The Morgan fingerprint density at radius 2 is 1.42 bits per heavy atom. The van der Waals surface area contributed by atoms with Crippen LogP contribution in [0.2, 0.25) is 0 Å². The molecule has 53 heavy (non-hydrogen) atoms. The van der Waals surface area contributed by atoms with Crippen LogP contribution in [0.3, 0.4) is 0 Å². The van der Waals surface area contributed by atoms with Gasteiger partial charge in [-0.15, -0.1) is 0 Å². The highest BCUT2D eigenvalue weighted by atomic mass is 19.4. The van der Waals surface area contributed by atoms with Crippen molar-refractivity contribution in [1.82, 2.24) is 10.3 Å².